The molecule has 2 aromatic rings. The van der Waals surface area contributed by atoms with Crippen molar-refractivity contribution in [2.45, 2.75) is 20.0 Å². The largest absolute Gasteiger partial charge is 0.493 e. The minimum Gasteiger partial charge on any atom is -0.493 e. The summed E-state index contributed by atoms with van der Waals surface area (Å²) < 4.78 is 61.9. The van der Waals surface area contributed by atoms with Crippen molar-refractivity contribution < 1.29 is 27.1 Å². The van der Waals surface area contributed by atoms with Crippen molar-refractivity contribution >= 4 is 17.3 Å². The highest BCUT2D eigenvalue weighted by Gasteiger charge is 2.39. The fourth-order valence-corrected chi connectivity index (χ4v) is 4.35. The van der Waals surface area contributed by atoms with Crippen LogP contribution in [0.15, 0.2) is 72.1 Å². The number of dihydropyridines is 1. The smallest absolute Gasteiger partial charge is 0.417 e. The lowest BCUT2D eigenvalue weighted by Crippen LogP contribution is -2.44. The van der Waals surface area contributed by atoms with E-state index in [9.17, 15) is 22.4 Å². The number of amides is 1. The van der Waals surface area contributed by atoms with Gasteiger partial charge >= 0.3 is 6.18 Å². The maximum atomic E-state index is 14.9. The van der Waals surface area contributed by atoms with Gasteiger partial charge in [0, 0.05) is 43.6 Å². The third-order valence-corrected chi connectivity index (χ3v) is 6.48. The van der Waals surface area contributed by atoms with Gasteiger partial charge in [0.05, 0.1) is 29.1 Å². The van der Waals surface area contributed by atoms with Crippen molar-refractivity contribution in [2.24, 2.45) is 5.92 Å². The molecule has 0 aliphatic carbocycles. The van der Waals surface area contributed by atoms with E-state index < -0.39 is 29.0 Å². The Kier molecular flexibility index (Phi) is 8.34. The van der Waals surface area contributed by atoms with Gasteiger partial charge in [-0.05, 0) is 54.9 Å². The van der Waals surface area contributed by atoms with E-state index in [0.29, 0.717) is 36.7 Å². The molecule has 0 unspecified atom stereocenters. The zero-order chi connectivity index (χ0) is 28.3. The highest BCUT2D eigenvalue weighted by Crippen LogP contribution is 2.37. The molecule has 2 heterocycles. The molecule has 1 fully saturated rings. The summed E-state index contributed by atoms with van der Waals surface area (Å²) in [4.78, 5) is 17.4. The predicted octanol–water partition coefficient (Wildman–Crippen LogP) is 5.71. The molecule has 2 aromatic carbocycles. The first-order valence-electron chi connectivity index (χ1n) is 12.7. The zero-order valence-corrected chi connectivity index (χ0v) is 22.2. The number of carbonyl (C=O) groups excluding carboxylic acids is 1. The standard InChI is InChI=1S/C29H32F4N4O2/c1-18(2)17-39-21-6-7-25(30)22(15-21)20-5-8-27(37-11-9-36(4)10-12-37)26(14-20)35-28(38)23-16-34-19(3)13-24(23)29(31,32)33/h5-8,13-16,18,34H,3,9-12,17H2,1-2,4H3,(H,35,38). The normalized spacial score (nSPS) is 16.5. The number of ether oxygens (including phenoxy) is 1. The molecule has 39 heavy (non-hydrogen) atoms. The summed E-state index contributed by atoms with van der Waals surface area (Å²) in [6.45, 7) is 10.8. The molecule has 0 bridgehead atoms. The maximum Gasteiger partial charge on any atom is 0.417 e. The molecular weight excluding hydrogens is 512 g/mol. The van der Waals surface area contributed by atoms with Gasteiger partial charge in [0.1, 0.15) is 11.6 Å². The van der Waals surface area contributed by atoms with E-state index in [2.05, 4.69) is 22.1 Å². The van der Waals surface area contributed by atoms with Gasteiger partial charge in [-0.2, -0.15) is 13.2 Å². The van der Waals surface area contributed by atoms with Crippen LogP contribution in [0.1, 0.15) is 13.8 Å². The summed E-state index contributed by atoms with van der Waals surface area (Å²) in [5.74, 6) is -0.663. The van der Waals surface area contributed by atoms with Crippen LogP contribution in [-0.4, -0.2) is 56.8 Å². The number of allylic oxidation sites excluding steroid dienone is 1. The number of likely N-dealkylation sites (N-methyl/N-ethyl adjacent to an activating group) is 1. The lowest BCUT2D eigenvalue weighted by atomic mass is 10.0. The molecular formula is C29H32F4N4O2. The molecule has 0 spiro atoms. The van der Waals surface area contributed by atoms with Crippen LogP contribution in [0, 0.1) is 11.7 Å². The third-order valence-electron chi connectivity index (χ3n) is 6.48. The van der Waals surface area contributed by atoms with E-state index in [0.717, 1.165) is 25.4 Å². The summed E-state index contributed by atoms with van der Waals surface area (Å²) >= 11 is 0. The monoisotopic (exact) mass is 544 g/mol. The Bertz CT molecular complexity index is 1310. The Balaban J connectivity index is 1.72. The number of halogens is 4. The zero-order valence-electron chi connectivity index (χ0n) is 22.2. The van der Waals surface area contributed by atoms with Crippen LogP contribution in [0.3, 0.4) is 0 Å². The fraction of sp³-hybridized carbons (Fsp3) is 0.345. The Hall–Kier alpha value is -3.79. The van der Waals surface area contributed by atoms with Gasteiger partial charge in [0.15, 0.2) is 0 Å². The maximum absolute atomic E-state index is 14.9. The Labute approximate surface area is 225 Å². The van der Waals surface area contributed by atoms with Gasteiger partial charge in [-0.1, -0.05) is 26.5 Å². The van der Waals surface area contributed by atoms with Crippen LogP contribution in [-0.2, 0) is 4.79 Å². The van der Waals surface area contributed by atoms with Crippen molar-refractivity contribution in [1.82, 2.24) is 10.2 Å². The molecule has 1 amide bonds. The van der Waals surface area contributed by atoms with Crippen molar-refractivity contribution in [3.05, 3.63) is 77.9 Å². The van der Waals surface area contributed by atoms with Crippen LogP contribution < -0.4 is 20.3 Å². The van der Waals surface area contributed by atoms with Gasteiger partial charge in [-0.25, -0.2) is 4.39 Å². The van der Waals surface area contributed by atoms with Crippen molar-refractivity contribution in [1.29, 1.82) is 0 Å². The van der Waals surface area contributed by atoms with Crippen molar-refractivity contribution in [2.75, 3.05) is 50.1 Å². The molecule has 0 atom stereocenters. The average Bonchev–Trinajstić information content (AvgIpc) is 2.88. The molecule has 208 valence electrons. The van der Waals surface area contributed by atoms with Crippen LogP contribution in [0.5, 0.6) is 5.75 Å². The molecule has 6 nitrogen and oxygen atoms in total. The predicted molar refractivity (Wildman–Crippen MR) is 145 cm³/mol. The van der Waals surface area contributed by atoms with Crippen molar-refractivity contribution in [3.63, 3.8) is 0 Å². The molecule has 2 aliphatic rings. The molecule has 1 saturated heterocycles. The Morgan fingerprint density at radius 3 is 2.51 bits per heavy atom. The lowest BCUT2D eigenvalue weighted by Gasteiger charge is -2.35. The van der Waals surface area contributed by atoms with E-state index in [1.807, 2.05) is 25.8 Å². The van der Waals surface area contributed by atoms with Gasteiger partial charge in [-0.15, -0.1) is 0 Å². The molecule has 2 N–H and O–H groups in total. The van der Waals surface area contributed by atoms with E-state index in [1.165, 1.54) is 6.07 Å². The molecule has 4 rings (SSSR count). The first-order chi connectivity index (χ1) is 18.4. The Morgan fingerprint density at radius 2 is 1.85 bits per heavy atom. The quantitative estimate of drug-likeness (QED) is 0.438. The molecule has 0 aromatic heterocycles. The van der Waals surface area contributed by atoms with Gasteiger partial charge in [0.25, 0.3) is 5.91 Å². The fourth-order valence-electron chi connectivity index (χ4n) is 4.35. The first-order valence-corrected chi connectivity index (χ1v) is 12.7. The summed E-state index contributed by atoms with van der Waals surface area (Å²) in [7, 11) is 2.00. The molecule has 10 heteroatoms. The van der Waals surface area contributed by atoms with Gasteiger partial charge < -0.3 is 25.2 Å². The topological polar surface area (TPSA) is 56.8 Å². The van der Waals surface area contributed by atoms with Crippen LogP contribution in [0.4, 0.5) is 28.9 Å². The number of benzene rings is 2. The third kappa shape index (κ3) is 6.81. The van der Waals surface area contributed by atoms with E-state index in [4.69, 9.17) is 4.74 Å². The summed E-state index contributed by atoms with van der Waals surface area (Å²) in [5, 5.41) is 5.24. The number of nitrogens with zero attached hydrogens (tertiary/aromatic N) is 2. The summed E-state index contributed by atoms with van der Waals surface area (Å²) in [6.07, 6.45) is -2.96. The number of hydrogen-bond donors (Lipinski definition) is 2. The number of alkyl halides is 3. The summed E-state index contributed by atoms with van der Waals surface area (Å²) in [5.41, 5.74) is -0.0225. The highest BCUT2D eigenvalue weighted by atomic mass is 19.4. The van der Waals surface area contributed by atoms with Crippen LogP contribution in [0.25, 0.3) is 11.1 Å². The number of anilines is 2. The second-order valence-corrected chi connectivity index (χ2v) is 10.1. The second-order valence-electron chi connectivity index (χ2n) is 10.1. The number of carbonyl (C=O) groups is 1. The minimum absolute atomic E-state index is 0.0223. The van der Waals surface area contributed by atoms with E-state index in [-0.39, 0.29) is 22.9 Å². The van der Waals surface area contributed by atoms with E-state index >= 15 is 0 Å². The number of rotatable bonds is 7. The second kappa shape index (κ2) is 11.5. The average molecular weight is 545 g/mol. The molecule has 0 saturated carbocycles. The summed E-state index contributed by atoms with van der Waals surface area (Å²) in [6, 6.07) is 9.52. The van der Waals surface area contributed by atoms with Gasteiger partial charge in [0.2, 0.25) is 0 Å². The highest BCUT2D eigenvalue weighted by molar-refractivity contribution is 6.09. The first kappa shape index (κ1) is 28.2. The minimum atomic E-state index is -4.75. The Morgan fingerprint density at radius 1 is 1.13 bits per heavy atom. The number of piperazine rings is 1. The van der Waals surface area contributed by atoms with Gasteiger partial charge in [-0.3, -0.25) is 4.79 Å². The van der Waals surface area contributed by atoms with Crippen LogP contribution >= 0.6 is 0 Å². The van der Waals surface area contributed by atoms with Crippen molar-refractivity contribution in [3.8, 4) is 16.9 Å². The van der Waals surface area contributed by atoms with Crippen LogP contribution in [0.2, 0.25) is 0 Å². The SMILES string of the molecule is C=C1C=C(C(F)(F)F)C(C(=O)Nc2cc(-c3cc(OCC(C)C)ccc3F)ccc2N2CCN(C)CC2)=CN1. The number of nitrogens with one attached hydrogen (secondary N) is 2. The molecule has 0 radical (unpaired) electrons. The van der Waals surface area contributed by atoms with E-state index in [1.54, 1.807) is 30.3 Å². The number of hydrogen-bond acceptors (Lipinski definition) is 5. The lowest BCUT2D eigenvalue weighted by molar-refractivity contribution is -0.115. The molecule has 2 aliphatic heterocycles.